The summed E-state index contributed by atoms with van der Waals surface area (Å²) >= 11 is 6.13. The maximum atomic E-state index is 13.4. The molecule has 1 aromatic heterocycles. The molecule has 0 radical (unpaired) electrons. The molecule has 0 saturated heterocycles. The molecule has 0 amide bonds. The van der Waals surface area contributed by atoms with Gasteiger partial charge < -0.3 is 10.1 Å². The van der Waals surface area contributed by atoms with Crippen LogP contribution in [-0.4, -0.2) is 29.8 Å². The molecule has 0 unspecified atom stereocenters. The molecule has 0 saturated carbocycles. The number of anilines is 1. The lowest BCUT2D eigenvalue weighted by molar-refractivity contribution is 0.197. The van der Waals surface area contributed by atoms with Crippen LogP contribution in [0, 0.1) is 12.7 Å². The molecule has 1 heterocycles. The fourth-order valence-corrected chi connectivity index (χ4v) is 2.10. The summed E-state index contributed by atoms with van der Waals surface area (Å²) < 4.78 is 20.1. The van der Waals surface area contributed by atoms with Crippen LogP contribution in [0.4, 0.5) is 10.3 Å². The average molecular weight is 298 g/mol. The lowest BCUT2D eigenvalue weighted by Crippen LogP contribution is -2.09. The van der Waals surface area contributed by atoms with Crippen LogP contribution in [0.3, 0.4) is 0 Å². The lowest BCUT2D eigenvalue weighted by Gasteiger charge is -2.11. The van der Waals surface area contributed by atoms with E-state index in [0.717, 1.165) is 18.7 Å². The van der Waals surface area contributed by atoms with Gasteiger partial charge in [0.25, 0.3) is 0 Å². The minimum Gasteiger partial charge on any atom is -0.385 e. The second kappa shape index (κ2) is 6.72. The van der Waals surface area contributed by atoms with E-state index in [1.165, 1.54) is 18.2 Å². The summed E-state index contributed by atoms with van der Waals surface area (Å²) in [6, 6.07) is 4.27. The molecule has 0 spiro atoms. The van der Waals surface area contributed by atoms with Crippen molar-refractivity contribution in [1.29, 1.82) is 0 Å². The summed E-state index contributed by atoms with van der Waals surface area (Å²) in [7, 11) is 1.66. The zero-order valence-electron chi connectivity index (χ0n) is 11.5. The predicted molar refractivity (Wildman–Crippen MR) is 78.3 cm³/mol. The van der Waals surface area contributed by atoms with Crippen LogP contribution in [0.15, 0.2) is 24.4 Å². The predicted octanol–water partition coefficient (Wildman–Crippen LogP) is 3.42. The van der Waals surface area contributed by atoms with Gasteiger partial charge in [0.15, 0.2) is 0 Å². The molecule has 0 atom stereocenters. The Morgan fingerprint density at radius 1 is 1.45 bits per heavy atom. The van der Waals surface area contributed by atoms with Crippen molar-refractivity contribution in [2.75, 3.05) is 25.6 Å². The molecule has 0 bridgehead atoms. The summed E-state index contributed by atoms with van der Waals surface area (Å²) in [6.45, 7) is 3.27. The first kappa shape index (κ1) is 14.8. The van der Waals surface area contributed by atoms with E-state index in [9.17, 15) is 4.39 Å². The first-order valence-electron chi connectivity index (χ1n) is 6.36. The smallest absolute Gasteiger partial charge is 0.207 e. The highest BCUT2D eigenvalue weighted by Gasteiger charge is 2.11. The SMILES string of the molecule is COCCCNc1nc(C)cn1-c1cc(F)ccc1Cl. The van der Waals surface area contributed by atoms with Gasteiger partial charge in [0.05, 0.1) is 16.4 Å². The van der Waals surface area contributed by atoms with E-state index in [2.05, 4.69) is 10.3 Å². The molecule has 6 heteroatoms. The maximum Gasteiger partial charge on any atom is 0.207 e. The van der Waals surface area contributed by atoms with Crippen molar-refractivity contribution in [3.8, 4) is 5.69 Å². The van der Waals surface area contributed by atoms with Gasteiger partial charge >= 0.3 is 0 Å². The Labute approximate surface area is 122 Å². The van der Waals surface area contributed by atoms with E-state index >= 15 is 0 Å². The summed E-state index contributed by atoms with van der Waals surface area (Å²) in [5.41, 5.74) is 1.40. The highest BCUT2D eigenvalue weighted by Crippen LogP contribution is 2.25. The first-order valence-corrected chi connectivity index (χ1v) is 6.74. The topological polar surface area (TPSA) is 39.1 Å². The maximum absolute atomic E-state index is 13.4. The summed E-state index contributed by atoms with van der Waals surface area (Å²) in [5.74, 6) is 0.312. The van der Waals surface area contributed by atoms with Crippen molar-refractivity contribution in [3.05, 3.63) is 40.9 Å². The van der Waals surface area contributed by atoms with E-state index in [4.69, 9.17) is 16.3 Å². The molecule has 0 aliphatic carbocycles. The minimum absolute atomic E-state index is 0.332. The van der Waals surface area contributed by atoms with Gasteiger partial charge in [-0.1, -0.05) is 11.6 Å². The quantitative estimate of drug-likeness (QED) is 0.830. The number of nitrogens with one attached hydrogen (secondary N) is 1. The van der Waals surface area contributed by atoms with Gasteiger partial charge in [0.2, 0.25) is 5.95 Å². The Bertz CT molecular complexity index is 586. The summed E-state index contributed by atoms with van der Waals surface area (Å²) in [4.78, 5) is 4.39. The van der Waals surface area contributed by atoms with Crippen molar-refractivity contribution < 1.29 is 9.13 Å². The van der Waals surface area contributed by atoms with Gasteiger partial charge in [0, 0.05) is 26.5 Å². The van der Waals surface area contributed by atoms with Crippen molar-refractivity contribution in [2.45, 2.75) is 13.3 Å². The number of benzene rings is 1. The van der Waals surface area contributed by atoms with Crippen molar-refractivity contribution in [1.82, 2.24) is 9.55 Å². The standard InChI is InChI=1S/C14H17ClFN3O/c1-10-9-19(13-8-11(16)4-5-12(13)15)14(18-10)17-6-3-7-20-2/h4-5,8-9H,3,6-7H2,1-2H3,(H,17,18). The van der Waals surface area contributed by atoms with Crippen LogP contribution in [-0.2, 0) is 4.74 Å². The van der Waals surface area contributed by atoms with Crippen LogP contribution in [0.25, 0.3) is 5.69 Å². The van der Waals surface area contributed by atoms with Crippen LogP contribution < -0.4 is 5.32 Å². The van der Waals surface area contributed by atoms with Gasteiger partial charge in [-0.15, -0.1) is 0 Å². The van der Waals surface area contributed by atoms with Crippen LogP contribution in [0.1, 0.15) is 12.1 Å². The largest absolute Gasteiger partial charge is 0.385 e. The number of imidazole rings is 1. The first-order chi connectivity index (χ1) is 9.61. The fourth-order valence-electron chi connectivity index (χ4n) is 1.89. The molecule has 108 valence electrons. The molecule has 0 aliphatic heterocycles. The number of aryl methyl sites for hydroxylation is 1. The molecule has 2 aromatic rings. The highest BCUT2D eigenvalue weighted by atomic mass is 35.5. The van der Waals surface area contributed by atoms with E-state index in [1.807, 2.05) is 13.1 Å². The second-order valence-corrected chi connectivity index (χ2v) is 4.85. The second-order valence-electron chi connectivity index (χ2n) is 4.44. The molecule has 0 aliphatic rings. The monoisotopic (exact) mass is 297 g/mol. The molecule has 2 rings (SSSR count). The van der Waals surface area contributed by atoms with E-state index in [1.54, 1.807) is 11.7 Å². The molecular weight excluding hydrogens is 281 g/mol. The van der Waals surface area contributed by atoms with Crippen molar-refractivity contribution >= 4 is 17.5 Å². The number of nitrogens with zero attached hydrogens (tertiary/aromatic N) is 2. The Balaban J connectivity index is 2.25. The summed E-state index contributed by atoms with van der Waals surface area (Å²) in [5, 5.41) is 3.68. The van der Waals surface area contributed by atoms with E-state index in [0.29, 0.717) is 23.3 Å². The van der Waals surface area contributed by atoms with Gasteiger partial charge in [-0.3, -0.25) is 4.57 Å². The summed E-state index contributed by atoms with van der Waals surface area (Å²) in [6.07, 6.45) is 2.68. The third kappa shape index (κ3) is 3.49. The number of hydrogen-bond acceptors (Lipinski definition) is 3. The zero-order chi connectivity index (χ0) is 14.5. The van der Waals surface area contributed by atoms with Gasteiger partial charge in [0.1, 0.15) is 5.82 Å². The van der Waals surface area contributed by atoms with Crippen molar-refractivity contribution in [3.63, 3.8) is 0 Å². The molecule has 20 heavy (non-hydrogen) atoms. The highest BCUT2D eigenvalue weighted by molar-refractivity contribution is 6.32. The Kier molecular flexibility index (Phi) is 4.98. The third-order valence-corrected chi connectivity index (χ3v) is 3.12. The van der Waals surface area contributed by atoms with Crippen LogP contribution in [0.2, 0.25) is 5.02 Å². The Hall–Kier alpha value is -1.59. The number of halogens is 2. The molecule has 0 fully saturated rings. The molecule has 1 aromatic carbocycles. The Morgan fingerprint density at radius 3 is 3.00 bits per heavy atom. The molecular formula is C14H17ClFN3O. The van der Waals surface area contributed by atoms with E-state index in [-0.39, 0.29) is 5.82 Å². The fraction of sp³-hybridized carbons (Fsp3) is 0.357. The lowest BCUT2D eigenvalue weighted by atomic mass is 10.3. The number of hydrogen-bond donors (Lipinski definition) is 1. The number of rotatable bonds is 6. The van der Waals surface area contributed by atoms with E-state index < -0.39 is 0 Å². The third-order valence-electron chi connectivity index (χ3n) is 2.80. The molecule has 1 N–H and O–H groups in total. The van der Waals surface area contributed by atoms with Crippen LogP contribution in [0.5, 0.6) is 0 Å². The number of ether oxygens (including phenoxy) is 1. The number of methoxy groups -OCH3 is 1. The van der Waals surface area contributed by atoms with Crippen molar-refractivity contribution in [2.24, 2.45) is 0 Å². The molecule has 4 nitrogen and oxygen atoms in total. The number of aromatic nitrogens is 2. The van der Waals surface area contributed by atoms with Gasteiger partial charge in [-0.25, -0.2) is 9.37 Å². The minimum atomic E-state index is -0.332. The normalized spacial score (nSPS) is 10.8. The zero-order valence-corrected chi connectivity index (χ0v) is 12.2. The van der Waals surface area contributed by atoms with Gasteiger partial charge in [-0.2, -0.15) is 0 Å². The Morgan fingerprint density at radius 2 is 2.25 bits per heavy atom. The van der Waals surface area contributed by atoms with Crippen LogP contribution >= 0.6 is 11.6 Å². The average Bonchev–Trinajstić information content (AvgIpc) is 2.78. The van der Waals surface area contributed by atoms with Gasteiger partial charge in [-0.05, 0) is 31.5 Å².